The van der Waals surface area contributed by atoms with Crippen LogP contribution in [0.4, 0.5) is 5.82 Å². The molecule has 0 spiro atoms. The van der Waals surface area contributed by atoms with E-state index in [4.69, 9.17) is 32.9 Å². The molecule has 1 fully saturated rings. The topological polar surface area (TPSA) is 25.4 Å². The summed E-state index contributed by atoms with van der Waals surface area (Å²) in [5.74, 6) is 2.50. The van der Waals surface area contributed by atoms with Gasteiger partial charge in [0, 0.05) is 34.1 Å². The van der Waals surface area contributed by atoms with Gasteiger partial charge in [0.2, 0.25) is 0 Å². The van der Waals surface area contributed by atoms with Crippen LogP contribution in [-0.4, -0.2) is 18.1 Å². The van der Waals surface area contributed by atoms with Gasteiger partial charge in [0.05, 0.1) is 0 Å². The molecule has 2 aromatic carbocycles. The van der Waals surface area contributed by atoms with E-state index in [1.165, 1.54) is 12.8 Å². The number of pyridine rings is 1. The van der Waals surface area contributed by atoms with Gasteiger partial charge in [0.25, 0.3) is 0 Å². The molecule has 1 saturated heterocycles. The number of ether oxygens (including phenoxy) is 1. The lowest BCUT2D eigenvalue weighted by atomic mass is 10.0. The average Bonchev–Trinajstić information content (AvgIpc) is 2.67. The number of aromatic nitrogens is 1. The summed E-state index contributed by atoms with van der Waals surface area (Å²) in [6.45, 7) is 4.80. The van der Waals surface area contributed by atoms with Crippen LogP contribution in [0, 0.1) is 5.92 Å². The fraction of sp³-hybridized carbons (Fsp3) is 0.318. The van der Waals surface area contributed by atoms with Crippen molar-refractivity contribution in [2.24, 2.45) is 5.92 Å². The van der Waals surface area contributed by atoms with E-state index < -0.39 is 0 Å². The van der Waals surface area contributed by atoms with Gasteiger partial charge in [-0.25, -0.2) is 4.98 Å². The molecule has 2 heterocycles. The second kappa shape index (κ2) is 7.95. The van der Waals surface area contributed by atoms with Gasteiger partial charge >= 0.3 is 0 Å². The fourth-order valence-electron chi connectivity index (χ4n) is 3.59. The highest BCUT2D eigenvalue weighted by atomic mass is 35.5. The number of hydrogen-bond acceptors (Lipinski definition) is 3. The summed E-state index contributed by atoms with van der Waals surface area (Å²) in [4.78, 5) is 7.30. The Morgan fingerprint density at radius 2 is 2.04 bits per heavy atom. The van der Waals surface area contributed by atoms with Gasteiger partial charge in [-0.05, 0) is 49.1 Å². The molecule has 1 aromatic heterocycles. The summed E-state index contributed by atoms with van der Waals surface area (Å²) in [5.41, 5.74) is 1.79. The molecule has 1 aliphatic rings. The summed E-state index contributed by atoms with van der Waals surface area (Å²) in [6.07, 6.45) is 2.51. The van der Waals surface area contributed by atoms with Gasteiger partial charge in [0.1, 0.15) is 23.7 Å². The van der Waals surface area contributed by atoms with Gasteiger partial charge in [-0.3, -0.25) is 0 Å². The SMILES string of the molecule is CC1CCCN(c2ccc3cccc(OCc4ccc(Cl)cc4Cl)c3n2)C1. The van der Waals surface area contributed by atoms with Crippen molar-refractivity contribution in [1.29, 1.82) is 0 Å². The number of anilines is 1. The van der Waals surface area contributed by atoms with Crippen LogP contribution >= 0.6 is 23.2 Å². The molecule has 0 bridgehead atoms. The third-order valence-corrected chi connectivity index (χ3v) is 5.63. The first-order valence-electron chi connectivity index (χ1n) is 9.31. The molecule has 0 N–H and O–H groups in total. The molecule has 1 atom stereocenters. The number of fused-ring (bicyclic) bond motifs is 1. The molecular formula is C22H22Cl2N2O. The van der Waals surface area contributed by atoms with Gasteiger partial charge < -0.3 is 9.64 Å². The average molecular weight is 401 g/mol. The monoisotopic (exact) mass is 400 g/mol. The van der Waals surface area contributed by atoms with Crippen molar-refractivity contribution in [2.45, 2.75) is 26.4 Å². The Morgan fingerprint density at radius 1 is 1.15 bits per heavy atom. The Balaban J connectivity index is 1.61. The second-order valence-corrected chi connectivity index (χ2v) is 8.06. The zero-order valence-electron chi connectivity index (χ0n) is 15.3. The van der Waals surface area contributed by atoms with Crippen molar-refractivity contribution in [1.82, 2.24) is 4.98 Å². The minimum absolute atomic E-state index is 0.377. The maximum absolute atomic E-state index is 6.27. The Bertz CT molecular complexity index is 960. The first-order chi connectivity index (χ1) is 13.1. The quantitative estimate of drug-likeness (QED) is 0.509. The van der Waals surface area contributed by atoms with Gasteiger partial charge in [-0.15, -0.1) is 0 Å². The fourth-order valence-corrected chi connectivity index (χ4v) is 4.06. The zero-order valence-corrected chi connectivity index (χ0v) is 16.8. The Morgan fingerprint density at radius 3 is 2.85 bits per heavy atom. The van der Waals surface area contributed by atoms with Crippen LogP contribution in [0.2, 0.25) is 10.0 Å². The van der Waals surface area contributed by atoms with Crippen molar-refractivity contribution in [3.8, 4) is 5.75 Å². The number of halogens is 2. The van der Waals surface area contributed by atoms with Crippen molar-refractivity contribution >= 4 is 39.9 Å². The second-order valence-electron chi connectivity index (χ2n) is 7.22. The lowest BCUT2D eigenvalue weighted by Crippen LogP contribution is -2.34. The van der Waals surface area contributed by atoms with E-state index in [0.717, 1.165) is 41.1 Å². The molecule has 1 unspecified atom stereocenters. The lowest BCUT2D eigenvalue weighted by molar-refractivity contribution is 0.309. The largest absolute Gasteiger partial charge is 0.487 e. The predicted octanol–water partition coefficient (Wildman–Crippen LogP) is 6.36. The smallest absolute Gasteiger partial charge is 0.146 e. The number of piperidine rings is 1. The van der Waals surface area contributed by atoms with Crippen LogP contribution < -0.4 is 9.64 Å². The molecule has 0 radical (unpaired) electrons. The number of para-hydroxylation sites is 1. The van der Waals surface area contributed by atoms with E-state index in [0.29, 0.717) is 22.6 Å². The molecule has 3 nitrogen and oxygen atoms in total. The van der Waals surface area contributed by atoms with Gasteiger partial charge in [-0.1, -0.05) is 48.3 Å². The van der Waals surface area contributed by atoms with Crippen molar-refractivity contribution < 1.29 is 4.74 Å². The third-order valence-electron chi connectivity index (χ3n) is 5.05. The Kier molecular flexibility index (Phi) is 5.42. The number of hydrogen-bond donors (Lipinski definition) is 0. The van der Waals surface area contributed by atoms with Crippen LogP contribution in [0.25, 0.3) is 10.9 Å². The highest BCUT2D eigenvalue weighted by Gasteiger charge is 2.18. The molecule has 1 aliphatic heterocycles. The van der Waals surface area contributed by atoms with Crippen LogP contribution in [0.5, 0.6) is 5.75 Å². The molecular weight excluding hydrogens is 379 g/mol. The van der Waals surface area contributed by atoms with Crippen molar-refractivity contribution in [3.05, 3.63) is 64.1 Å². The normalized spacial score (nSPS) is 17.3. The molecule has 4 rings (SSSR count). The molecule has 140 valence electrons. The summed E-state index contributed by atoms with van der Waals surface area (Å²) in [5, 5.41) is 2.30. The van der Waals surface area contributed by atoms with E-state index in [-0.39, 0.29) is 0 Å². The predicted molar refractivity (Wildman–Crippen MR) is 113 cm³/mol. The molecule has 0 saturated carbocycles. The van der Waals surface area contributed by atoms with E-state index in [9.17, 15) is 0 Å². The number of nitrogens with zero attached hydrogens (tertiary/aromatic N) is 2. The Hall–Kier alpha value is -1.97. The molecule has 5 heteroatoms. The molecule has 0 amide bonds. The highest BCUT2D eigenvalue weighted by molar-refractivity contribution is 6.35. The molecule has 27 heavy (non-hydrogen) atoms. The summed E-state index contributed by atoms with van der Waals surface area (Å²) in [7, 11) is 0. The summed E-state index contributed by atoms with van der Waals surface area (Å²) >= 11 is 12.2. The minimum atomic E-state index is 0.377. The van der Waals surface area contributed by atoms with E-state index in [2.05, 4.69) is 30.0 Å². The standard InChI is InChI=1S/C22H22Cl2N2O/c1-15-4-3-11-26(13-15)21-10-8-16-5-2-6-20(22(16)25-21)27-14-17-7-9-18(23)12-19(17)24/h2,5-10,12,15H,3-4,11,13-14H2,1H3. The molecule has 3 aromatic rings. The summed E-state index contributed by atoms with van der Waals surface area (Å²) in [6, 6.07) is 15.7. The van der Waals surface area contributed by atoms with Crippen LogP contribution in [0.3, 0.4) is 0 Å². The maximum atomic E-state index is 6.27. The Labute approximate surface area is 169 Å². The number of benzene rings is 2. The van der Waals surface area contributed by atoms with Crippen LogP contribution in [0.15, 0.2) is 48.5 Å². The van der Waals surface area contributed by atoms with E-state index in [1.807, 2.05) is 24.3 Å². The first kappa shape index (κ1) is 18.4. The zero-order chi connectivity index (χ0) is 18.8. The first-order valence-corrected chi connectivity index (χ1v) is 10.1. The third kappa shape index (κ3) is 4.15. The van der Waals surface area contributed by atoms with Gasteiger partial charge in [-0.2, -0.15) is 0 Å². The van der Waals surface area contributed by atoms with Gasteiger partial charge in [0.15, 0.2) is 0 Å². The minimum Gasteiger partial charge on any atom is -0.487 e. The number of rotatable bonds is 4. The van der Waals surface area contributed by atoms with Crippen molar-refractivity contribution in [3.63, 3.8) is 0 Å². The summed E-state index contributed by atoms with van der Waals surface area (Å²) < 4.78 is 6.08. The molecule has 0 aliphatic carbocycles. The highest BCUT2D eigenvalue weighted by Crippen LogP contribution is 2.30. The maximum Gasteiger partial charge on any atom is 0.146 e. The van der Waals surface area contributed by atoms with E-state index in [1.54, 1.807) is 6.07 Å². The van der Waals surface area contributed by atoms with Crippen molar-refractivity contribution in [2.75, 3.05) is 18.0 Å². The van der Waals surface area contributed by atoms with Crippen LogP contribution in [0.1, 0.15) is 25.3 Å². The van der Waals surface area contributed by atoms with Crippen LogP contribution in [-0.2, 0) is 6.61 Å². The van der Waals surface area contributed by atoms with E-state index >= 15 is 0 Å². The lowest BCUT2D eigenvalue weighted by Gasteiger charge is -2.32.